The first-order valence-electron chi connectivity index (χ1n) is 18.7. The van der Waals surface area contributed by atoms with Crippen LogP contribution in [0.25, 0.3) is 110 Å². The van der Waals surface area contributed by atoms with E-state index in [4.69, 9.17) is 19.4 Å². The molecular weight excluding hydrogens is 703 g/mol. The van der Waals surface area contributed by atoms with Crippen molar-refractivity contribution in [2.75, 3.05) is 0 Å². The lowest BCUT2D eigenvalue weighted by molar-refractivity contribution is 0.669. The molecule has 0 aliphatic heterocycles. The molecule has 0 aliphatic rings. The first-order chi connectivity index (χ1) is 27.7. The van der Waals surface area contributed by atoms with E-state index < -0.39 is 0 Å². The van der Waals surface area contributed by atoms with Crippen molar-refractivity contribution in [2.24, 2.45) is 0 Å². The minimum atomic E-state index is 0.636. The summed E-state index contributed by atoms with van der Waals surface area (Å²) in [5, 5.41) is 4.50. The Morgan fingerprint density at radius 3 is 1.54 bits per heavy atom. The standard InChI is InChI=1S/C51H31N3OS/c1-5-15-32(16-6-1)37-30-41(33-17-7-2-8-18-33)47-43(31-37)46-40(51-53-49(34-19-9-3-10-20-34)52-50(54-51)35-21-11-4-12-22-35)27-26-38(48(46)56-47)36-25-28-45-42(29-36)39-23-13-14-24-44(39)55-45/h1-31H. The summed E-state index contributed by atoms with van der Waals surface area (Å²) in [4.78, 5) is 15.5. The summed E-state index contributed by atoms with van der Waals surface area (Å²) in [5.74, 6) is 1.91. The van der Waals surface area contributed by atoms with Gasteiger partial charge in [-0.2, -0.15) is 0 Å². The molecule has 0 aliphatic carbocycles. The lowest BCUT2D eigenvalue weighted by atomic mass is 9.93. The average molecular weight is 734 g/mol. The van der Waals surface area contributed by atoms with Gasteiger partial charge in [-0.25, -0.2) is 15.0 Å². The summed E-state index contributed by atoms with van der Waals surface area (Å²) in [7, 11) is 0. The van der Waals surface area contributed by atoms with Crippen LogP contribution in [0.3, 0.4) is 0 Å². The molecule has 0 radical (unpaired) electrons. The second-order valence-corrected chi connectivity index (χ2v) is 15.0. The zero-order chi connectivity index (χ0) is 37.0. The second kappa shape index (κ2) is 13.3. The van der Waals surface area contributed by atoms with Crippen LogP contribution in [0.1, 0.15) is 0 Å². The van der Waals surface area contributed by atoms with Gasteiger partial charge < -0.3 is 4.42 Å². The average Bonchev–Trinajstić information content (AvgIpc) is 3.85. The van der Waals surface area contributed by atoms with Crippen molar-refractivity contribution < 1.29 is 4.42 Å². The van der Waals surface area contributed by atoms with Crippen LogP contribution in [0.2, 0.25) is 0 Å². The maximum atomic E-state index is 6.25. The molecule has 0 N–H and O–H groups in total. The van der Waals surface area contributed by atoms with Crippen LogP contribution in [0.4, 0.5) is 0 Å². The second-order valence-electron chi connectivity index (χ2n) is 13.9. The molecule has 0 saturated carbocycles. The van der Waals surface area contributed by atoms with Crippen LogP contribution in [-0.2, 0) is 0 Å². The predicted molar refractivity (Wildman–Crippen MR) is 233 cm³/mol. The molecule has 0 fully saturated rings. The Kier molecular flexibility index (Phi) is 7.64. The Labute approximate surface area is 327 Å². The van der Waals surface area contributed by atoms with Crippen molar-refractivity contribution in [3.05, 3.63) is 188 Å². The molecule has 0 amide bonds. The fourth-order valence-electron chi connectivity index (χ4n) is 7.85. The van der Waals surface area contributed by atoms with Crippen LogP contribution in [-0.4, -0.2) is 15.0 Å². The number of thiophene rings is 1. The molecule has 0 saturated heterocycles. The molecule has 0 atom stereocenters. The molecule has 0 spiro atoms. The van der Waals surface area contributed by atoms with Gasteiger partial charge in [0.15, 0.2) is 17.5 Å². The van der Waals surface area contributed by atoms with E-state index >= 15 is 0 Å². The van der Waals surface area contributed by atoms with E-state index in [1.165, 1.54) is 31.5 Å². The molecular formula is C51H31N3OS. The molecule has 0 unspecified atom stereocenters. The van der Waals surface area contributed by atoms with Crippen LogP contribution in [0.15, 0.2) is 192 Å². The minimum absolute atomic E-state index is 0.636. The number of para-hydroxylation sites is 1. The van der Waals surface area contributed by atoms with Crippen molar-refractivity contribution in [3.8, 4) is 67.5 Å². The molecule has 4 nitrogen and oxygen atoms in total. The van der Waals surface area contributed by atoms with Crippen molar-refractivity contribution in [1.29, 1.82) is 0 Å². The third-order valence-corrected chi connectivity index (χ3v) is 11.8. The molecule has 8 aromatic carbocycles. The third-order valence-electron chi connectivity index (χ3n) is 10.5. The smallest absolute Gasteiger partial charge is 0.164 e. The largest absolute Gasteiger partial charge is 0.456 e. The molecule has 11 aromatic rings. The van der Waals surface area contributed by atoms with E-state index in [1.807, 2.05) is 59.9 Å². The van der Waals surface area contributed by atoms with Crippen molar-refractivity contribution in [1.82, 2.24) is 15.0 Å². The zero-order valence-electron chi connectivity index (χ0n) is 30.1. The summed E-state index contributed by atoms with van der Waals surface area (Å²) in [6, 6.07) is 65.7. The van der Waals surface area contributed by atoms with Gasteiger partial charge in [-0.3, -0.25) is 0 Å². The zero-order valence-corrected chi connectivity index (χ0v) is 30.9. The Morgan fingerprint density at radius 1 is 0.321 bits per heavy atom. The third kappa shape index (κ3) is 5.48. The first kappa shape index (κ1) is 32.2. The molecule has 3 aromatic heterocycles. The van der Waals surface area contributed by atoms with Crippen molar-refractivity contribution in [3.63, 3.8) is 0 Å². The number of hydrogen-bond acceptors (Lipinski definition) is 5. The maximum absolute atomic E-state index is 6.25. The fraction of sp³-hybridized carbons (Fsp3) is 0. The number of benzene rings is 8. The van der Waals surface area contributed by atoms with Gasteiger partial charge in [-0.05, 0) is 64.2 Å². The highest BCUT2D eigenvalue weighted by Gasteiger charge is 2.22. The number of fused-ring (bicyclic) bond motifs is 6. The monoisotopic (exact) mass is 733 g/mol. The predicted octanol–water partition coefficient (Wildman–Crippen LogP) is 14.1. The van der Waals surface area contributed by atoms with E-state index in [9.17, 15) is 0 Å². The number of nitrogens with zero attached hydrogens (tertiary/aromatic N) is 3. The van der Waals surface area contributed by atoms with Crippen molar-refractivity contribution in [2.45, 2.75) is 0 Å². The summed E-state index contributed by atoms with van der Waals surface area (Å²) >= 11 is 1.83. The van der Waals surface area contributed by atoms with Gasteiger partial charge in [-0.15, -0.1) is 11.3 Å². The summed E-state index contributed by atoms with van der Waals surface area (Å²) < 4.78 is 8.64. The van der Waals surface area contributed by atoms with E-state index in [1.54, 1.807) is 0 Å². The molecule has 262 valence electrons. The number of furan rings is 1. The summed E-state index contributed by atoms with van der Waals surface area (Å²) in [6.07, 6.45) is 0. The fourth-order valence-corrected chi connectivity index (χ4v) is 9.23. The van der Waals surface area contributed by atoms with Gasteiger partial charge in [0.25, 0.3) is 0 Å². The van der Waals surface area contributed by atoms with Gasteiger partial charge in [-0.1, -0.05) is 152 Å². The van der Waals surface area contributed by atoms with Crippen LogP contribution in [0.5, 0.6) is 0 Å². The molecule has 5 heteroatoms. The van der Waals surface area contributed by atoms with E-state index in [0.29, 0.717) is 17.5 Å². The number of hydrogen-bond donors (Lipinski definition) is 0. The quantitative estimate of drug-likeness (QED) is 0.171. The SMILES string of the molecule is c1ccc(-c2cc(-c3ccccc3)c3sc4c(-c5ccc6oc7ccccc7c6c5)ccc(-c5nc(-c6ccccc6)nc(-c6ccccc6)n5)c4c3c2)cc1. The Morgan fingerprint density at radius 2 is 0.857 bits per heavy atom. The number of aromatic nitrogens is 3. The Bertz CT molecular complexity index is 3170. The topological polar surface area (TPSA) is 51.8 Å². The van der Waals surface area contributed by atoms with E-state index in [-0.39, 0.29) is 0 Å². The van der Waals surface area contributed by atoms with Crippen LogP contribution >= 0.6 is 11.3 Å². The highest BCUT2D eigenvalue weighted by atomic mass is 32.1. The van der Waals surface area contributed by atoms with Crippen LogP contribution in [0, 0.1) is 0 Å². The van der Waals surface area contributed by atoms with E-state index in [0.717, 1.165) is 60.7 Å². The van der Waals surface area contributed by atoms with Crippen molar-refractivity contribution >= 4 is 53.4 Å². The summed E-state index contributed by atoms with van der Waals surface area (Å²) in [6.45, 7) is 0. The minimum Gasteiger partial charge on any atom is -0.456 e. The molecule has 3 heterocycles. The Hall–Kier alpha value is -7.21. The maximum Gasteiger partial charge on any atom is 0.164 e. The normalized spacial score (nSPS) is 11.6. The first-order valence-corrected chi connectivity index (χ1v) is 19.5. The highest BCUT2D eigenvalue weighted by molar-refractivity contribution is 7.27. The van der Waals surface area contributed by atoms with Gasteiger partial charge in [0.05, 0.1) is 0 Å². The van der Waals surface area contributed by atoms with E-state index in [2.05, 4.69) is 140 Å². The lowest BCUT2D eigenvalue weighted by Gasteiger charge is -2.12. The summed E-state index contributed by atoms with van der Waals surface area (Å²) in [5.41, 5.74) is 11.6. The number of rotatable bonds is 6. The molecule has 11 rings (SSSR count). The Balaban J connectivity index is 1.25. The van der Waals surface area contributed by atoms with Gasteiger partial charge in [0.1, 0.15) is 11.2 Å². The highest BCUT2D eigenvalue weighted by Crippen LogP contribution is 2.49. The molecule has 0 bridgehead atoms. The van der Waals surface area contributed by atoms with Gasteiger partial charge in [0.2, 0.25) is 0 Å². The van der Waals surface area contributed by atoms with Crippen LogP contribution < -0.4 is 0 Å². The lowest BCUT2D eigenvalue weighted by Crippen LogP contribution is -2.00. The van der Waals surface area contributed by atoms with Gasteiger partial charge >= 0.3 is 0 Å². The molecule has 56 heavy (non-hydrogen) atoms. The van der Waals surface area contributed by atoms with Gasteiger partial charge in [0, 0.05) is 53.2 Å².